The Kier molecular flexibility index (Phi) is 4.82. The van der Waals surface area contributed by atoms with E-state index in [-0.39, 0.29) is 22.4 Å². The molecular weight excluding hydrogens is 356 g/mol. The molecule has 3 aromatic rings. The molecule has 0 unspecified atom stereocenters. The van der Waals surface area contributed by atoms with E-state index < -0.39 is 0 Å². The van der Waals surface area contributed by atoms with Crippen molar-refractivity contribution in [3.63, 3.8) is 0 Å². The lowest BCUT2D eigenvalue weighted by atomic mass is 10.1. The van der Waals surface area contributed by atoms with Gasteiger partial charge in [-0.3, -0.25) is 9.59 Å². The molecule has 0 amide bonds. The van der Waals surface area contributed by atoms with Crippen molar-refractivity contribution in [2.24, 2.45) is 4.99 Å². The summed E-state index contributed by atoms with van der Waals surface area (Å²) in [5.74, 6) is 0.965. The molecule has 0 aromatic carbocycles. The third-order valence-electron chi connectivity index (χ3n) is 4.44. The highest BCUT2D eigenvalue weighted by atomic mass is 16.1. The highest BCUT2D eigenvalue weighted by molar-refractivity contribution is 6.09. The van der Waals surface area contributed by atoms with Crippen molar-refractivity contribution in [3.05, 3.63) is 40.8 Å². The van der Waals surface area contributed by atoms with E-state index in [9.17, 15) is 9.59 Å². The highest BCUT2D eigenvalue weighted by Crippen LogP contribution is 2.30. The van der Waals surface area contributed by atoms with Crippen molar-refractivity contribution in [2.45, 2.75) is 59.0 Å². The van der Waals surface area contributed by atoms with E-state index in [2.05, 4.69) is 40.7 Å². The average molecular weight is 382 g/mol. The first kappa shape index (κ1) is 19.7. The minimum atomic E-state index is -0.196. The van der Waals surface area contributed by atoms with E-state index in [0.717, 1.165) is 11.4 Å². The summed E-state index contributed by atoms with van der Waals surface area (Å²) >= 11 is 0. The molecule has 1 N–H and O–H groups in total. The van der Waals surface area contributed by atoms with Crippen molar-refractivity contribution >= 4 is 29.0 Å². The van der Waals surface area contributed by atoms with Crippen molar-refractivity contribution in [1.82, 2.24) is 24.1 Å². The Morgan fingerprint density at radius 1 is 1.00 bits per heavy atom. The molecule has 0 spiro atoms. The van der Waals surface area contributed by atoms with Crippen LogP contribution in [0, 0.1) is 0 Å². The second kappa shape index (κ2) is 6.85. The molecule has 0 fully saturated rings. The maximum Gasteiger partial charge on any atom is 0.278 e. The number of Topliss-reactive ketones (excluding diaryl/α,β-unsaturated/α-hetero) is 1. The number of carbonyl (C=O) groups is 1. The van der Waals surface area contributed by atoms with E-state index in [1.165, 1.54) is 6.33 Å². The summed E-state index contributed by atoms with van der Waals surface area (Å²) in [6.07, 6.45) is 7.10. The van der Waals surface area contributed by atoms with Gasteiger partial charge < -0.3 is 14.1 Å². The maximum atomic E-state index is 11.5. The first-order chi connectivity index (χ1) is 13.0. The van der Waals surface area contributed by atoms with Gasteiger partial charge in [-0.1, -0.05) is 0 Å². The van der Waals surface area contributed by atoms with Crippen molar-refractivity contribution in [3.8, 4) is 0 Å². The van der Waals surface area contributed by atoms with Crippen LogP contribution in [0.15, 0.2) is 34.7 Å². The second-order valence-corrected chi connectivity index (χ2v) is 8.72. The summed E-state index contributed by atoms with van der Waals surface area (Å²) in [6.45, 7) is 12.4. The fourth-order valence-corrected chi connectivity index (χ4v) is 2.98. The molecule has 0 saturated heterocycles. The molecule has 3 aromatic heterocycles. The number of carbonyl (C=O) groups excluding carboxylic acids is 1. The molecule has 1 aliphatic rings. The molecule has 0 bridgehead atoms. The average Bonchev–Trinajstić information content (AvgIpc) is 3.19. The molecule has 8 nitrogen and oxygen atoms in total. The van der Waals surface area contributed by atoms with Gasteiger partial charge in [-0.2, -0.15) is 0 Å². The van der Waals surface area contributed by atoms with Crippen LogP contribution in [0.3, 0.4) is 0 Å². The van der Waals surface area contributed by atoms with Gasteiger partial charge in [-0.15, -0.1) is 0 Å². The number of aromatic amines is 1. The lowest BCUT2D eigenvalue weighted by Gasteiger charge is -2.23. The topological polar surface area (TPSA) is 97.9 Å². The second-order valence-electron chi connectivity index (χ2n) is 8.72. The summed E-state index contributed by atoms with van der Waals surface area (Å²) in [5.41, 5.74) is 1.43. The molecule has 1 aliphatic heterocycles. The molecule has 0 atom stereocenters. The number of aliphatic imine (C=N–C) groups is 1. The van der Waals surface area contributed by atoms with Crippen LogP contribution in [-0.2, 0) is 11.1 Å². The number of fused-ring (bicyclic) bond motifs is 2. The zero-order valence-electron chi connectivity index (χ0n) is 17.1. The Labute approximate surface area is 163 Å². The van der Waals surface area contributed by atoms with Crippen molar-refractivity contribution in [2.75, 3.05) is 0 Å². The van der Waals surface area contributed by atoms with Gasteiger partial charge in [0.1, 0.15) is 5.82 Å². The Morgan fingerprint density at radius 2 is 1.68 bits per heavy atom. The predicted molar refractivity (Wildman–Crippen MR) is 110 cm³/mol. The van der Waals surface area contributed by atoms with Crippen LogP contribution in [0.1, 0.15) is 58.3 Å². The predicted octanol–water partition coefficient (Wildman–Crippen LogP) is 3.41. The quantitative estimate of drug-likeness (QED) is 0.644. The lowest BCUT2D eigenvalue weighted by Crippen LogP contribution is -2.21. The Balaban J connectivity index is 0.000000161. The number of aromatic nitrogens is 5. The van der Waals surface area contributed by atoms with Crippen LogP contribution in [0.5, 0.6) is 0 Å². The third-order valence-corrected chi connectivity index (χ3v) is 4.44. The highest BCUT2D eigenvalue weighted by Gasteiger charge is 2.23. The zero-order valence-corrected chi connectivity index (χ0v) is 17.1. The van der Waals surface area contributed by atoms with Crippen molar-refractivity contribution in [1.29, 1.82) is 0 Å². The van der Waals surface area contributed by atoms with E-state index in [0.29, 0.717) is 17.6 Å². The largest absolute Gasteiger partial charge is 0.327 e. The van der Waals surface area contributed by atoms with Gasteiger partial charge in [0.25, 0.3) is 5.56 Å². The maximum absolute atomic E-state index is 11.5. The summed E-state index contributed by atoms with van der Waals surface area (Å²) in [7, 11) is 0. The number of ketones is 1. The van der Waals surface area contributed by atoms with Gasteiger partial charge in [-0.25, -0.2) is 15.0 Å². The molecule has 0 aliphatic carbocycles. The first-order valence-electron chi connectivity index (χ1n) is 9.19. The number of hydrogen-bond donors (Lipinski definition) is 1. The normalized spacial score (nSPS) is 14.0. The Bertz CT molecular complexity index is 1100. The summed E-state index contributed by atoms with van der Waals surface area (Å²) in [5, 5.41) is 0. The van der Waals surface area contributed by atoms with Crippen LogP contribution in [0.25, 0.3) is 11.2 Å². The molecule has 148 valence electrons. The van der Waals surface area contributed by atoms with Crippen LogP contribution in [0.4, 0.5) is 5.82 Å². The minimum Gasteiger partial charge on any atom is -0.327 e. The van der Waals surface area contributed by atoms with Gasteiger partial charge >= 0.3 is 0 Å². The first-order valence-corrected chi connectivity index (χ1v) is 9.19. The van der Waals surface area contributed by atoms with Crippen molar-refractivity contribution < 1.29 is 4.79 Å². The zero-order chi connectivity index (χ0) is 20.7. The number of nitrogens with one attached hydrogen (secondary N) is 1. The van der Waals surface area contributed by atoms with E-state index in [4.69, 9.17) is 0 Å². The van der Waals surface area contributed by atoms with Crippen LogP contribution in [0.2, 0.25) is 0 Å². The van der Waals surface area contributed by atoms with Crippen LogP contribution < -0.4 is 5.56 Å². The third kappa shape index (κ3) is 3.67. The fraction of sp³-hybridized carbons (Fsp3) is 0.450. The number of rotatable bonds is 0. The van der Waals surface area contributed by atoms with E-state index >= 15 is 0 Å². The van der Waals surface area contributed by atoms with E-state index in [1.54, 1.807) is 12.5 Å². The standard InChI is InChI=1S/C11H14N2O.C9H12N4O/c1-11(2,3)13-7-5-8-9(14)4-6-12-10(8)13;1-9(2,3)13-5-12-6-7(13)10-4-11-8(6)14/h5-7H,4H2,1-3H3;4-5H,1-3H3,(H,10,11,14). The monoisotopic (exact) mass is 382 g/mol. The van der Waals surface area contributed by atoms with Gasteiger partial charge in [-0.05, 0) is 47.6 Å². The summed E-state index contributed by atoms with van der Waals surface area (Å²) in [6, 6.07) is 1.86. The number of imidazole rings is 1. The van der Waals surface area contributed by atoms with Crippen LogP contribution in [-0.4, -0.2) is 36.1 Å². The smallest absolute Gasteiger partial charge is 0.278 e. The molecule has 4 rings (SSSR count). The minimum absolute atomic E-state index is 0.0253. The number of nitrogens with zero attached hydrogens (tertiary/aromatic N) is 5. The molecule has 0 saturated carbocycles. The Morgan fingerprint density at radius 3 is 2.32 bits per heavy atom. The van der Waals surface area contributed by atoms with Gasteiger partial charge in [0.05, 0.1) is 18.2 Å². The molecule has 28 heavy (non-hydrogen) atoms. The van der Waals surface area contributed by atoms with Gasteiger partial charge in [0.15, 0.2) is 16.9 Å². The van der Waals surface area contributed by atoms with Gasteiger partial charge in [0.2, 0.25) is 0 Å². The van der Waals surface area contributed by atoms with Crippen LogP contribution >= 0.6 is 0 Å². The number of H-pyrrole nitrogens is 1. The van der Waals surface area contributed by atoms with Gasteiger partial charge in [0, 0.05) is 29.9 Å². The molecular formula is C20H26N6O2. The van der Waals surface area contributed by atoms with E-state index in [1.807, 2.05) is 42.2 Å². The molecule has 0 radical (unpaired) electrons. The summed E-state index contributed by atoms with van der Waals surface area (Å²) < 4.78 is 3.92. The Hall–Kier alpha value is -3.03. The summed E-state index contributed by atoms with van der Waals surface area (Å²) in [4.78, 5) is 37.8. The lowest BCUT2D eigenvalue weighted by molar-refractivity contribution is 0.100. The fourth-order valence-electron chi connectivity index (χ4n) is 2.98. The molecule has 8 heteroatoms. The molecule has 4 heterocycles. The SMILES string of the molecule is CC(C)(C)n1ccc2c1N=CCC2=O.CC(C)(C)n1cnc2c(=O)[nH]cnc21. The number of hydrogen-bond acceptors (Lipinski definition) is 5.